The van der Waals surface area contributed by atoms with Crippen molar-refractivity contribution < 1.29 is 42.1 Å². The van der Waals surface area contributed by atoms with Crippen LogP contribution in [0.15, 0.2) is 97.6 Å². The molecule has 2 aromatic heterocycles. The lowest BCUT2D eigenvalue weighted by Crippen LogP contribution is -2.29. The summed E-state index contributed by atoms with van der Waals surface area (Å²) in [6.45, 7) is 4.96. The number of rotatable bonds is 23. The minimum Gasteiger partial charge on any atom is -0.488 e. The summed E-state index contributed by atoms with van der Waals surface area (Å²) in [5, 5.41) is 41.6. The first-order chi connectivity index (χ1) is 32.6. The second-order valence-corrected chi connectivity index (χ2v) is 18.4. The Kier molecular flexibility index (Phi) is 18.1. The number of nitrogens with one attached hydrogen (secondary N) is 1. The van der Waals surface area contributed by atoms with Gasteiger partial charge in [0.2, 0.25) is 0 Å². The van der Waals surface area contributed by atoms with Crippen LogP contribution in [0.4, 0.5) is 0 Å². The Morgan fingerprint density at radius 1 is 0.706 bits per heavy atom. The van der Waals surface area contributed by atoms with Gasteiger partial charge in [0.05, 0.1) is 39.6 Å². The van der Waals surface area contributed by atoms with E-state index in [-0.39, 0.29) is 59.2 Å². The summed E-state index contributed by atoms with van der Waals surface area (Å²) in [7, 11) is -2.46. The van der Waals surface area contributed by atoms with Gasteiger partial charge >= 0.3 is 0 Å². The Morgan fingerprint density at radius 2 is 1.19 bits per heavy atom. The van der Waals surface area contributed by atoms with E-state index in [2.05, 4.69) is 27.4 Å². The van der Waals surface area contributed by atoms with E-state index in [1.807, 2.05) is 50.2 Å². The Bertz CT molecular complexity index is 2930. The first kappa shape index (κ1) is 51.1. The van der Waals surface area contributed by atoms with Crippen LogP contribution in [-0.2, 0) is 49.6 Å². The van der Waals surface area contributed by atoms with E-state index in [4.69, 9.17) is 42.1 Å². The van der Waals surface area contributed by atoms with Crippen LogP contribution >= 0.6 is 23.2 Å². The number of aromatic nitrogens is 2. The standard InChI is InChI=1S/C50H50Cl2N6O9S/c1-32-38(30-66-49-16-47(64-28-36-12-34(18-53)20-55-22-36)40(14-45(49)51)24-57-25-42(60)27-59)6-4-8-43(32)44-9-5-7-39(33(44)2)31-67-50-17-48(65-29-37-13-35(19-54)21-56-23-37)41(15-46(50)52)26-58(3)10-11-68(61,62)63/h4-9,12-17,20-23,42,57,59-60H,10-11,24-31H2,1-3H3,(H,61,62,63). The van der Waals surface area contributed by atoms with E-state index in [0.29, 0.717) is 66.4 Å². The van der Waals surface area contributed by atoms with Gasteiger partial charge in [0.15, 0.2) is 0 Å². The molecule has 0 aliphatic heterocycles. The molecule has 0 bridgehead atoms. The molecule has 6 aromatic rings. The van der Waals surface area contributed by atoms with Crippen LogP contribution in [0.1, 0.15) is 55.6 Å². The molecule has 0 amide bonds. The van der Waals surface area contributed by atoms with Crippen molar-refractivity contribution in [1.82, 2.24) is 20.2 Å². The van der Waals surface area contributed by atoms with E-state index < -0.39 is 22.0 Å². The van der Waals surface area contributed by atoms with Gasteiger partial charge in [0.25, 0.3) is 10.1 Å². The molecule has 0 aliphatic carbocycles. The maximum atomic E-state index is 11.4. The highest BCUT2D eigenvalue weighted by molar-refractivity contribution is 7.85. The van der Waals surface area contributed by atoms with Gasteiger partial charge in [-0.15, -0.1) is 0 Å². The summed E-state index contributed by atoms with van der Waals surface area (Å²) in [5.41, 5.74) is 9.28. The van der Waals surface area contributed by atoms with Crippen molar-refractivity contribution in [2.24, 2.45) is 0 Å². The van der Waals surface area contributed by atoms with Gasteiger partial charge in [-0.1, -0.05) is 59.6 Å². The van der Waals surface area contributed by atoms with Gasteiger partial charge in [-0.2, -0.15) is 18.9 Å². The monoisotopic (exact) mass is 980 g/mol. The highest BCUT2D eigenvalue weighted by Crippen LogP contribution is 2.38. The topological polar surface area (TPSA) is 220 Å². The number of ether oxygens (including phenoxy) is 4. The molecule has 0 radical (unpaired) electrons. The number of nitriles is 2. The summed E-state index contributed by atoms with van der Waals surface area (Å²) in [4.78, 5) is 9.96. The molecule has 15 nitrogen and oxygen atoms in total. The van der Waals surface area contributed by atoms with Crippen molar-refractivity contribution in [3.8, 4) is 46.3 Å². The van der Waals surface area contributed by atoms with Crippen molar-refractivity contribution >= 4 is 33.3 Å². The van der Waals surface area contributed by atoms with Crippen LogP contribution in [0.25, 0.3) is 11.1 Å². The summed E-state index contributed by atoms with van der Waals surface area (Å²) in [5.74, 6) is 1.20. The smallest absolute Gasteiger partial charge is 0.266 e. The van der Waals surface area contributed by atoms with Crippen LogP contribution < -0.4 is 24.3 Å². The number of hydrogen-bond acceptors (Lipinski definition) is 14. The number of aliphatic hydroxyl groups is 2. The van der Waals surface area contributed by atoms with Crippen molar-refractivity contribution in [3.63, 3.8) is 0 Å². The summed E-state index contributed by atoms with van der Waals surface area (Å²) < 4.78 is 57.3. The first-order valence-corrected chi connectivity index (χ1v) is 23.7. The number of pyridine rings is 2. The van der Waals surface area contributed by atoms with Gasteiger partial charge in [0, 0.05) is 85.4 Å². The van der Waals surface area contributed by atoms with Gasteiger partial charge in [0.1, 0.15) is 61.6 Å². The molecule has 0 saturated carbocycles. The minimum atomic E-state index is -4.17. The molecule has 18 heteroatoms. The number of halogens is 2. The Balaban J connectivity index is 1.19. The SMILES string of the molecule is Cc1c(COc2cc(OCc3cncc(C#N)c3)c(CNCC(O)CO)cc2Cl)cccc1-c1cccc(COc2cc(OCc3cncc(C#N)c3)c(CN(C)CCS(=O)(=O)O)cc2Cl)c1C. The zero-order chi connectivity index (χ0) is 48.8. The largest absolute Gasteiger partial charge is 0.488 e. The zero-order valence-corrected chi connectivity index (χ0v) is 39.9. The van der Waals surface area contributed by atoms with Crippen molar-refractivity contribution in [3.05, 3.63) is 163 Å². The second-order valence-electron chi connectivity index (χ2n) is 16.0. The molecule has 4 aromatic carbocycles. The predicted octanol–water partition coefficient (Wildman–Crippen LogP) is 7.89. The van der Waals surface area contributed by atoms with Crippen molar-refractivity contribution in [2.75, 3.05) is 32.5 Å². The average Bonchev–Trinajstić information content (AvgIpc) is 3.32. The zero-order valence-electron chi connectivity index (χ0n) is 37.6. The molecule has 1 unspecified atom stereocenters. The van der Waals surface area contributed by atoms with Crippen LogP contribution in [-0.4, -0.2) is 76.7 Å². The molecular formula is C50H50Cl2N6O9S. The molecule has 0 fully saturated rings. The van der Waals surface area contributed by atoms with E-state index in [9.17, 15) is 33.7 Å². The number of nitrogens with zero attached hydrogens (tertiary/aromatic N) is 5. The van der Waals surface area contributed by atoms with Crippen LogP contribution in [0.5, 0.6) is 23.0 Å². The van der Waals surface area contributed by atoms with Crippen molar-refractivity contribution in [1.29, 1.82) is 10.5 Å². The van der Waals surface area contributed by atoms with Gasteiger partial charge in [-0.3, -0.25) is 14.5 Å². The van der Waals surface area contributed by atoms with E-state index in [1.54, 1.807) is 60.7 Å². The Hall–Kier alpha value is -6.31. The van der Waals surface area contributed by atoms with E-state index >= 15 is 0 Å². The van der Waals surface area contributed by atoms with Crippen LogP contribution in [0.2, 0.25) is 10.0 Å². The molecule has 0 spiro atoms. The fourth-order valence-electron chi connectivity index (χ4n) is 7.13. The molecule has 0 saturated heterocycles. The van der Waals surface area contributed by atoms with Crippen LogP contribution in [0.3, 0.4) is 0 Å². The van der Waals surface area contributed by atoms with Gasteiger partial charge < -0.3 is 39.4 Å². The van der Waals surface area contributed by atoms with E-state index in [0.717, 1.165) is 33.4 Å². The molecule has 4 N–H and O–H groups in total. The molecule has 354 valence electrons. The third-order valence-corrected chi connectivity index (χ3v) is 12.2. The summed E-state index contributed by atoms with van der Waals surface area (Å²) >= 11 is 13.6. The number of benzene rings is 4. The fraction of sp³-hybridized carbons (Fsp3) is 0.280. The van der Waals surface area contributed by atoms with Crippen molar-refractivity contribution in [2.45, 2.75) is 59.5 Å². The molecule has 2 heterocycles. The minimum absolute atomic E-state index is 0.0614. The second kappa shape index (κ2) is 24.1. The number of hydrogen-bond donors (Lipinski definition) is 4. The summed E-state index contributed by atoms with van der Waals surface area (Å²) in [6, 6.07) is 26.3. The third kappa shape index (κ3) is 14.4. The van der Waals surface area contributed by atoms with E-state index in [1.165, 1.54) is 12.4 Å². The van der Waals surface area contributed by atoms with Crippen LogP contribution in [0, 0.1) is 36.5 Å². The normalized spacial score (nSPS) is 11.8. The molecule has 68 heavy (non-hydrogen) atoms. The molecule has 6 rings (SSSR count). The average molecular weight is 982 g/mol. The maximum absolute atomic E-state index is 11.4. The molecular weight excluding hydrogens is 932 g/mol. The highest BCUT2D eigenvalue weighted by atomic mass is 35.5. The Morgan fingerprint density at radius 3 is 1.68 bits per heavy atom. The highest BCUT2D eigenvalue weighted by Gasteiger charge is 2.19. The third-order valence-electron chi connectivity index (χ3n) is 10.9. The molecule has 1 atom stereocenters. The Labute approximate surface area is 405 Å². The first-order valence-electron chi connectivity index (χ1n) is 21.3. The predicted molar refractivity (Wildman–Crippen MR) is 257 cm³/mol. The lowest BCUT2D eigenvalue weighted by Gasteiger charge is -2.21. The van der Waals surface area contributed by atoms with Gasteiger partial charge in [-0.05, 0) is 78.5 Å². The summed E-state index contributed by atoms with van der Waals surface area (Å²) in [6.07, 6.45) is 5.21. The fourth-order valence-corrected chi connectivity index (χ4v) is 8.16. The quantitative estimate of drug-likeness (QED) is 0.0449. The molecule has 0 aliphatic rings. The maximum Gasteiger partial charge on any atom is 0.266 e. The number of aliphatic hydroxyl groups excluding tert-OH is 2. The lowest BCUT2D eigenvalue weighted by atomic mass is 9.92. The van der Waals surface area contributed by atoms with Gasteiger partial charge in [-0.25, -0.2) is 0 Å². The lowest BCUT2D eigenvalue weighted by molar-refractivity contribution is 0.0941.